The molecule has 0 aromatic heterocycles. The number of rotatable bonds is 9. The number of allylic oxidation sites excluding steroid dienone is 1. The number of hydrogen-bond donors (Lipinski definition) is 2. The Hall–Kier alpha value is -1.13. The largest absolute Gasteiger partial charge is 0.352 e. The Morgan fingerprint density at radius 1 is 1.35 bits per heavy atom. The molecule has 1 saturated carbocycles. The van der Waals surface area contributed by atoms with Gasteiger partial charge in [0, 0.05) is 33.2 Å². The van der Waals surface area contributed by atoms with Crippen LogP contribution in [0.4, 0.5) is 0 Å². The Morgan fingerprint density at radius 3 is 2.54 bits per heavy atom. The molecule has 2 N–H and O–H groups in total. The lowest BCUT2D eigenvalue weighted by molar-refractivity contribution is 0.470. The van der Waals surface area contributed by atoms with Gasteiger partial charge < -0.3 is 10.2 Å². The number of sulfonamides is 1. The fourth-order valence-electron chi connectivity index (χ4n) is 2.42. The van der Waals surface area contributed by atoms with E-state index in [0.29, 0.717) is 11.4 Å². The zero-order valence-corrected chi connectivity index (χ0v) is 18.6. The molecule has 2 rings (SSSR count). The number of guanidine groups is 1. The van der Waals surface area contributed by atoms with Gasteiger partial charge in [-0.2, -0.15) is 0 Å². The highest BCUT2D eigenvalue weighted by Gasteiger charge is 2.27. The molecular formula is C18H29IN4O2S. The summed E-state index contributed by atoms with van der Waals surface area (Å²) >= 11 is 0. The van der Waals surface area contributed by atoms with Crippen LogP contribution < -0.4 is 10.0 Å². The minimum Gasteiger partial charge on any atom is -0.352 e. The lowest BCUT2D eigenvalue weighted by Gasteiger charge is -2.22. The third-order valence-corrected chi connectivity index (χ3v) is 5.59. The predicted molar refractivity (Wildman–Crippen MR) is 117 cm³/mol. The summed E-state index contributed by atoms with van der Waals surface area (Å²) in [6, 6.07) is 7.08. The molecule has 1 aliphatic rings. The molecule has 1 aliphatic carbocycles. The number of benzene rings is 1. The highest BCUT2D eigenvalue weighted by molar-refractivity contribution is 14.0. The fraction of sp³-hybridized carbons (Fsp3) is 0.500. The van der Waals surface area contributed by atoms with Crippen molar-refractivity contribution in [1.82, 2.24) is 14.9 Å². The monoisotopic (exact) mass is 492 g/mol. The number of nitrogens with zero attached hydrogens (tertiary/aromatic N) is 2. The highest BCUT2D eigenvalue weighted by atomic mass is 127. The first kappa shape index (κ1) is 22.9. The number of halogens is 1. The molecule has 0 unspecified atom stereocenters. The summed E-state index contributed by atoms with van der Waals surface area (Å²) in [5.74, 6) is 0.816. The third kappa shape index (κ3) is 7.24. The van der Waals surface area contributed by atoms with E-state index >= 15 is 0 Å². The van der Waals surface area contributed by atoms with Gasteiger partial charge in [0.15, 0.2) is 5.96 Å². The van der Waals surface area contributed by atoms with Gasteiger partial charge in [-0.1, -0.05) is 18.2 Å². The van der Waals surface area contributed by atoms with E-state index in [1.54, 1.807) is 19.2 Å². The van der Waals surface area contributed by atoms with Gasteiger partial charge in [0.25, 0.3) is 0 Å². The molecule has 0 heterocycles. The summed E-state index contributed by atoms with van der Waals surface area (Å²) in [6.45, 7) is 5.22. The molecule has 0 bridgehead atoms. The lowest BCUT2D eigenvalue weighted by Crippen LogP contribution is -2.38. The maximum atomic E-state index is 12.2. The van der Waals surface area contributed by atoms with Gasteiger partial charge in [0.1, 0.15) is 0 Å². The van der Waals surface area contributed by atoms with E-state index in [1.807, 2.05) is 25.3 Å². The highest BCUT2D eigenvalue weighted by Crippen LogP contribution is 2.22. The number of hydrogen-bond acceptors (Lipinski definition) is 3. The molecule has 0 atom stereocenters. The first-order chi connectivity index (χ1) is 12.0. The minimum absolute atomic E-state index is 0. The van der Waals surface area contributed by atoms with Crippen molar-refractivity contribution in [1.29, 1.82) is 0 Å². The fourth-order valence-corrected chi connectivity index (χ4v) is 3.72. The zero-order valence-electron chi connectivity index (χ0n) is 15.4. The Balaban J connectivity index is 0.00000338. The molecule has 1 aromatic rings. The first-order valence-electron chi connectivity index (χ1n) is 8.60. The van der Waals surface area contributed by atoms with E-state index in [2.05, 4.69) is 26.5 Å². The summed E-state index contributed by atoms with van der Waals surface area (Å²) in [5, 5.41) is 3.30. The van der Waals surface area contributed by atoms with Gasteiger partial charge in [-0.25, -0.2) is 13.1 Å². The molecular weight excluding hydrogens is 463 g/mol. The lowest BCUT2D eigenvalue weighted by atomic mass is 10.2. The van der Waals surface area contributed by atoms with Crippen LogP contribution in [0.5, 0.6) is 0 Å². The molecule has 146 valence electrons. The summed E-state index contributed by atoms with van der Waals surface area (Å²) in [7, 11) is 0.367. The van der Waals surface area contributed by atoms with Crippen LogP contribution in [0.1, 0.15) is 31.2 Å². The Bertz CT molecular complexity index is 700. The maximum Gasteiger partial charge on any atom is 0.240 e. The molecule has 8 heteroatoms. The van der Waals surface area contributed by atoms with Gasteiger partial charge in [-0.3, -0.25) is 4.99 Å². The van der Waals surface area contributed by atoms with Crippen LogP contribution in [0.2, 0.25) is 0 Å². The van der Waals surface area contributed by atoms with Crippen LogP contribution in [0.25, 0.3) is 0 Å². The average Bonchev–Trinajstić information content (AvgIpc) is 3.39. The Morgan fingerprint density at radius 2 is 2.00 bits per heavy atom. The Labute approximate surface area is 174 Å². The van der Waals surface area contributed by atoms with Crippen LogP contribution in [0.3, 0.4) is 0 Å². The molecule has 0 radical (unpaired) electrons. The molecule has 0 saturated heterocycles. The quantitative estimate of drug-likeness (QED) is 0.183. The van der Waals surface area contributed by atoms with Gasteiger partial charge in [-0.05, 0) is 43.4 Å². The second-order valence-corrected chi connectivity index (χ2v) is 8.01. The maximum absolute atomic E-state index is 12.2. The van der Waals surface area contributed by atoms with Crippen molar-refractivity contribution in [2.75, 3.05) is 20.6 Å². The summed E-state index contributed by atoms with van der Waals surface area (Å²) in [4.78, 5) is 6.66. The molecule has 6 nitrogen and oxygen atoms in total. The van der Waals surface area contributed by atoms with Crippen LogP contribution in [-0.4, -0.2) is 46.0 Å². The van der Waals surface area contributed by atoms with Crippen LogP contribution in [0, 0.1) is 0 Å². The van der Waals surface area contributed by atoms with Crippen LogP contribution in [0.15, 0.2) is 46.8 Å². The van der Waals surface area contributed by atoms with Gasteiger partial charge in [0.2, 0.25) is 10.0 Å². The van der Waals surface area contributed by atoms with Crippen molar-refractivity contribution in [3.8, 4) is 0 Å². The van der Waals surface area contributed by atoms with Crippen LogP contribution >= 0.6 is 24.0 Å². The Kier molecular flexibility index (Phi) is 9.59. The van der Waals surface area contributed by atoms with Crippen molar-refractivity contribution in [2.24, 2.45) is 4.99 Å². The topological polar surface area (TPSA) is 73.8 Å². The molecule has 0 amide bonds. The van der Waals surface area contributed by atoms with Gasteiger partial charge >= 0.3 is 0 Å². The van der Waals surface area contributed by atoms with E-state index in [1.165, 1.54) is 0 Å². The van der Waals surface area contributed by atoms with Gasteiger partial charge in [0.05, 0.1) is 4.90 Å². The smallest absolute Gasteiger partial charge is 0.240 e. The average molecular weight is 492 g/mol. The van der Waals surface area contributed by atoms with Crippen molar-refractivity contribution in [3.05, 3.63) is 42.5 Å². The van der Waals surface area contributed by atoms with E-state index in [-0.39, 0.29) is 30.0 Å². The third-order valence-electron chi connectivity index (χ3n) is 4.06. The number of nitrogens with one attached hydrogen (secondary N) is 2. The van der Waals surface area contributed by atoms with E-state index in [4.69, 9.17) is 0 Å². The van der Waals surface area contributed by atoms with Gasteiger partial charge in [-0.15, -0.1) is 30.6 Å². The zero-order chi connectivity index (χ0) is 18.3. The number of aliphatic imine (C=N–C) groups is 1. The van der Waals surface area contributed by atoms with Crippen molar-refractivity contribution >= 4 is 40.0 Å². The summed E-state index contributed by atoms with van der Waals surface area (Å²) < 4.78 is 27.0. The second kappa shape index (κ2) is 10.9. The molecule has 0 aliphatic heterocycles. The van der Waals surface area contributed by atoms with Crippen LogP contribution in [-0.2, 0) is 16.6 Å². The second-order valence-electron chi connectivity index (χ2n) is 6.29. The first-order valence-corrected chi connectivity index (χ1v) is 10.1. The summed E-state index contributed by atoms with van der Waals surface area (Å²) in [6.07, 6.45) is 5.78. The number of unbranched alkanes of at least 4 members (excludes halogenated alkanes) is 1. The molecule has 26 heavy (non-hydrogen) atoms. The standard InChI is InChI=1S/C18H28N4O2S.HI/c1-4-5-6-13-22(3)18(19-2)20-14-15-7-11-17(12-8-15)25(23,24)21-16-9-10-16;/h4,7-8,11-12,16,21H,1,5-6,9-10,13-14H2,2-3H3,(H,19,20);1H. The van der Waals surface area contributed by atoms with Crippen molar-refractivity contribution in [3.63, 3.8) is 0 Å². The molecule has 1 aromatic carbocycles. The van der Waals surface area contributed by atoms with E-state index < -0.39 is 10.0 Å². The van der Waals surface area contributed by atoms with Crippen molar-refractivity contribution in [2.45, 2.75) is 43.2 Å². The van der Waals surface area contributed by atoms with E-state index in [9.17, 15) is 8.42 Å². The van der Waals surface area contributed by atoms with E-state index in [0.717, 1.165) is 43.8 Å². The minimum atomic E-state index is -3.39. The van der Waals surface area contributed by atoms with Crippen molar-refractivity contribution < 1.29 is 8.42 Å². The molecule has 0 spiro atoms. The summed E-state index contributed by atoms with van der Waals surface area (Å²) in [5.41, 5.74) is 1.01. The predicted octanol–water partition coefficient (Wildman–Crippen LogP) is 2.72. The molecule has 1 fully saturated rings. The SMILES string of the molecule is C=CCCCN(C)C(=NC)NCc1ccc(S(=O)(=O)NC2CC2)cc1.I. The normalized spacial score (nSPS) is 14.5.